The lowest BCUT2D eigenvalue weighted by molar-refractivity contribution is 0.509. The molecule has 0 saturated heterocycles. The number of halogens is 1. The Bertz CT molecular complexity index is 569. The number of fused-ring (bicyclic) bond motifs is 1. The molecule has 2 nitrogen and oxygen atoms in total. The van der Waals surface area contributed by atoms with Crippen molar-refractivity contribution in [3.8, 4) is 0 Å². The molecule has 3 heteroatoms. The molecule has 0 unspecified atom stereocenters. The van der Waals surface area contributed by atoms with Gasteiger partial charge in [0, 0.05) is 15.9 Å². The second kappa shape index (κ2) is 4.71. The molecule has 1 fully saturated rings. The topological polar surface area (TPSA) is 25.2 Å². The van der Waals surface area contributed by atoms with Gasteiger partial charge in [0.25, 0.3) is 0 Å². The molecule has 1 heterocycles. The number of hydrogen-bond acceptors (Lipinski definition) is 2. The van der Waals surface area contributed by atoms with Gasteiger partial charge in [-0.15, -0.1) is 0 Å². The van der Waals surface area contributed by atoms with E-state index < -0.39 is 0 Å². The molecule has 0 atom stereocenters. The third-order valence-electron chi connectivity index (χ3n) is 3.43. The van der Waals surface area contributed by atoms with E-state index in [1.165, 1.54) is 23.8 Å². The minimum Gasteiger partial charge on any atom is -0.459 e. The van der Waals surface area contributed by atoms with Crippen LogP contribution in [0.2, 0.25) is 0 Å². The van der Waals surface area contributed by atoms with Crippen molar-refractivity contribution in [1.82, 2.24) is 5.32 Å². The first-order valence-electron chi connectivity index (χ1n) is 6.58. The van der Waals surface area contributed by atoms with Gasteiger partial charge in [0.05, 0.1) is 6.54 Å². The monoisotopic (exact) mass is 307 g/mol. The molecule has 0 bridgehead atoms. The SMILES string of the molecule is CC(C)c1cc(Br)cc2cc(CNC3CC3)oc12. The Morgan fingerprint density at radius 1 is 1.33 bits per heavy atom. The van der Waals surface area contributed by atoms with E-state index in [9.17, 15) is 0 Å². The molecule has 1 aliphatic carbocycles. The summed E-state index contributed by atoms with van der Waals surface area (Å²) in [5, 5.41) is 4.69. The Balaban J connectivity index is 1.95. The van der Waals surface area contributed by atoms with E-state index in [1.54, 1.807) is 0 Å². The van der Waals surface area contributed by atoms with Crippen LogP contribution >= 0.6 is 15.9 Å². The maximum Gasteiger partial charge on any atom is 0.137 e. The molecule has 3 rings (SSSR count). The third kappa shape index (κ3) is 2.47. The van der Waals surface area contributed by atoms with Gasteiger partial charge in [-0.2, -0.15) is 0 Å². The molecule has 2 aromatic rings. The summed E-state index contributed by atoms with van der Waals surface area (Å²) < 4.78 is 7.14. The van der Waals surface area contributed by atoms with Crippen LogP contribution in [0.5, 0.6) is 0 Å². The number of nitrogens with one attached hydrogen (secondary N) is 1. The van der Waals surface area contributed by atoms with Gasteiger partial charge in [0.15, 0.2) is 0 Å². The maximum atomic E-state index is 6.01. The first-order valence-corrected chi connectivity index (χ1v) is 7.38. The fourth-order valence-electron chi connectivity index (χ4n) is 2.24. The first-order chi connectivity index (χ1) is 8.63. The van der Waals surface area contributed by atoms with Gasteiger partial charge in [0.1, 0.15) is 11.3 Å². The van der Waals surface area contributed by atoms with E-state index >= 15 is 0 Å². The Kier molecular flexibility index (Phi) is 3.20. The molecular formula is C15H18BrNO. The standard InChI is InChI=1S/C15H18BrNO/c1-9(2)14-7-11(16)5-10-6-13(18-15(10)14)8-17-12-3-4-12/h5-7,9,12,17H,3-4,8H2,1-2H3. The molecule has 18 heavy (non-hydrogen) atoms. The number of benzene rings is 1. The maximum absolute atomic E-state index is 6.01. The van der Waals surface area contributed by atoms with Gasteiger partial charge >= 0.3 is 0 Å². The smallest absolute Gasteiger partial charge is 0.137 e. The second-order valence-corrected chi connectivity index (χ2v) is 6.35. The summed E-state index contributed by atoms with van der Waals surface area (Å²) in [4.78, 5) is 0. The molecule has 0 amide bonds. The summed E-state index contributed by atoms with van der Waals surface area (Å²) in [6, 6.07) is 7.16. The van der Waals surface area contributed by atoms with Crippen LogP contribution in [0.15, 0.2) is 27.1 Å². The van der Waals surface area contributed by atoms with Crippen molar-refractivity contribution in [3.05, 3.63) is 34.0 Å². The quantitative estimate of drug-likeness (QED) is 0.895. The molecule has 0 spiro atoms. The molecule has 0 radical (unpaired) electrons. The molecule has 96 valence electrons. The van der Waals surface area contributed by atoms with E-state index in [4.69, 9.17) is 4.42 Å². The Morgan fingerprint density at radius 2 is 2.11 bits per heavy atom. The summed E-state index contributed by atoms with van der Waals surface area (Å²) in [7, 11) is 0. The van der Waals surface area contributed by atoms with E-state index in [0.29, 0.717) is 5.92 Å². The summed E-state index contributed by atoms with van der Waals surface area (Å²) >= 11 is 3.58. The number of hydrogen-bond donors (Lipinski definition) is 1. The van der Waals surface area contributed by atoms with Crippen LogP contribution in [0, 0.1) is 0 Å². The average molecular weight is 308 g/mol. The second-order valence-electron chi connectivity index (χ2n) is 5.44. The van der Waals surface area contributed by atoms with Crippen molar-refractivity contribution in [2.75, 3.05) is 0 Å². The molecule has 1 aromatic heterocycles. The van der Waals surface area contributed by atoms with Gasteiger partial charge in [-0.25, -0.2) is 0 Å². The van der Waals surface area contributed by atoms with Crippen LogP contribution in [0.4, 0.5) is 0 Å². The average Bonchev–Trinajstić information content (AvgIpc) is 3.05. The highest BCUT2D eigenvalue weighted by Gasteiger charge is 2.21. The van der Waals surface area contributed by atoms with Crippen molar-refractivity contribution in [2.24, 2.45) is 0 Å². The minimum absolute atomic E-state index is 0.473. The van der Waals surface area contributed by atoms with Crippen LogP contribution in [-0.2, 0) is 6.54 Å². The number of rotatable bonds is 4. The van der Waals surface area contributed by atoms with Gasteiger partial charge in [-0.1, -0.05) is 29.8 Å². The summed E-state index contributed by atoms with van der Waals surface area (Å²) in [6.45, 7) is 5.24. The van der Waals surface area contributed by atoms with E-state index in [0.717, 1.165) is 28.4 Å². The molecule has 1 saturated carbocycles. The van der Waals surface area contributed by atoms with Crippen LogP contribution in [0.3, 0.4) is 0 Å². The summed E-state index contributed by atoms with van der Waals surface area (Å²) in [5.74, 6) is 1.51. The largest absolute Gasteiger partial charge is 0.459 e. The Hall–Kier alpha value is -0.800. The van der Waals surface area contributed by atoms with Gasteiger partial charge < -0.3 is 9.73 Å². The van der Waals surface area contributed by atoms with Crippen molar-refractivity contribution >= 4 is 26.9 Å². The lowest BCUT2D eigenvalue weighted by atomic mass is 10.0. The number of furan rings is 1. The van der Waals surface area contributed by atoms with Gasteiger partial charge in [0.2, 0.25) is 0 Å². The zero-order chi connectivity index (χ0) is 12.7. The fraction of sp³-hybridized carbons (Fsp3) is 0.467. The molecular weight excluding hydrogens is 290 g/mol. The molecule has 1 N–H and O–H groups in total. The van der Waals surface area contributed by atoms with Gasteiger partial charge in [-0.05, 0) is 42.5 Å². The molecule has 1 aliphatic rings. The Morgan fingerprint density at radius 3 is 2.78 bits per heavy atom. The predicted octanol–water partition coefficient (Wildman–Crippen LogP) is 4.57. The highest BCUT2D eigenvalue weighted by molar-refractivity contribution is 9.10. The van der Waals surface area contributed by atoms with E-state index in [-0.39, 0.29) is 0 Å². The molecule has 0 aliphatic heterocycles. The minimum atomic E-state index is 0.473. The van der Waals surface area contributed by atoms with E-state index in [1.807, 2.05) is 0 Å². The highest BCUT2D eigenvalue weighted by atomic mass is 79.9. The van der Waals surface area contributed by atoms with Crippen LogP contribution in [-0.4, -0.2) is 6.04 Å². The van der Waals surface area contributed by atoms with Crippen LogP contribution < -0.4 is 5.32 Å². The van der Waals surface area contributed by atoms with E-state index in [2.05, 4.69) is 53.3 Å². The van der Waals surface area contributed by atoms with Crippen LogP contribution in [0.25, 0.3) is 11.0 Å². The van der Waals surface area contributed by atoms with Crippen LogP contribution in [0.1, 0.15) is 43.9 Å². The zero-order valence-electron chi connectivity index (χ0n) is 10.8. The summed E-state index contributed by atoms with van der Waals surface area (Å²) in [6.07, 6.45) is 2.62. The zero-order valence-corrected chi connectivity index (χ0v) is 12.4. The third-order valence-corrected chi connectivity index (χ3v) is 3.88. The summed E-state index contributed by atoms with van der Waals surface area (Å²) in [5.41, 5.74) is 2.32. The van der Waals surface area contributed by atoms with Crippen molar-refractivity contribution in [3.63, 3.8) is 0 Å². The van der Waals surface area contributed by atoms with Crippen molar-refractivity contribution < 1.29 is 4.42 Å². The van der Waals surface area contributed by atoms with Crippen molar-refractivity contribution in [1.29, 1.82) is 0 Å². The first kappa shape index (κ1) is 12.2. The lowest BCUT2D eigenvalue weighted by Gasteiger charge is -2.06. The lowest BCUT2D eigenvalue weighted by Crippen LogP contribution is -2.14. The highest BCUT2D eigenvalue weighted by Crippen LogP contribution is 2.32. The Labute approximate surface area is 116 Å². The van der Waals surface area contributed by atoms with Gasteiger partial charge in [-0.3, -0.25) is 0 Å². The molecule has 1 aromatic carbocycles. The normalized spacial score (nSPS) is 15.8. The fourth-order valence-corrected chi connectivity index (χ4v) is 2.74. The predicted molar refractivity (Wildman–Crippen MR) is 77.9 cm³/mol. The van der Waals surface area contributed by atoms with Crippen molar-refractivity contribution in [2.45, 2.75) is 45.2 Å².